The van der Waals surface area contributed by atoms with Crippen LogP contribution in [0.2, 0.25) is 0 Å². The van der Waals surface area contributed by atoms with Crippen LogP contribution < -0.4 is 0 Å². The molecule has 1 aliphatic rings. The number of rotatable bonds is 4. The predicted octanol–water partition coefficient (Wildman–Crippen LogP) is 4.58. The van der Waals surface area contributed by atoms with Crippen LogP contribution in [0.25, 0.3) is 22.4 Å². The number of aromatic nitrogens is 3. The zero-order valence-corrected chi connectivity index (χ0v) is 22.8. The molecule has 3 aromatic heterocycles. The molecule has 1 aromatic carbocycles. The maximum Gasteiger partial charge on any atom is 0.290 e. The minimum absolute atomic E-state index is 0.0168. The highest BCUT2D eigenvalue weighted by Gasteiger charge is 2.42. The molecule has 0 bridgehead atoms. The van der Waals surface area contributed by atoms with Crippen molar-refractivity contribution >= 4 is 27.0 Å². The number of hydrogen-bond donors (Lipinski definition) is 1. The summed E-state index contributed by atoms with van der Waals surface area (Å²) in [6, 6.07) is 9.65. The number of amides is 1. The quantitative estimate of drug-likeness (QED) is 0.406. The largest absolute Gasteiger partial charge is 0.449 e. The molecule has 1 N–H and O–H groups in total. The van der Waals surface area contributed by atoms with E-state index in [9.17, 15) is 17.6 Å². The summed E-state index contributed by atoms with van der Waals surface area (Å²) in [4.78, 5) is 26.5. The third-order valence-corrected chi connectivity index (χ3v) is 8.61. The molecule has 1 saturated heterocycles. The third kappa shape index (κ3) is 4.60. The Morgan fingerprint density at radius 1 is 1.13 bits per heavy atom. The molecule has 1 amide bonds. The molecule has 11 heteroatoms. The van der Waals surface area contributed by atoms with Crippen LogP contribution in [0.4, 0.5) is 4.39 Å². The smallest absolute Gasteiger partial charge is 0.290 e. The molecule has 9 nitrogen and oxygen atoms in total. The lowest BCUT2D eigenvalue weighted by atomic mass is 9.86. The first-order chi connectivity index (χ1) is 17.8. The van der Waals surface area contributed by atoms with E-state index in [-0.39, 0.29) is 47.6 Å². The Morgan fingerprint density at radius 2 is 1.84 bits per heavy atom. The standard InChI is InChI=1S/C27H30FN5O4S/c1-26(2,3)19-12-20(17-6-8-18(28)9-7-17)31-21-13-22(37-24(19)21)25(34)33-11-10-32(15-27(33,4)5)38(35,36)23-14-29-16-30-23/h6-9,12-14,16H,10-11,15H2,1-5H3,(H,29,30). The number of fused-ring (bicyclic) bond motifs is 1. The summed E-state index contributed by atoms with van der Waals surface area (Å²) in [5.41, 5.74) is 2.20. The first-order valence-corrected chi connectivity index (χ1v) is 13.7. The van der Waals surface area contributed by atoms with Crippen molar-refractivity contribution in [1.29, 1.82) is 0 Å². The van der Waals surface area contributed by atoms with Gasteiger partial charge in [0, 0.05) is 36.8 Å². The number of halogens is 1. The summed E-state index contributed by atoms with van der Waals surface area (Å²) in [7, 11) is -3.76. The minimum Gasteiger partial charge on any atom is -0.449 e. The summed E-state index contributed by atoms with van der Waals surface area (Å²) < 4.78 is 47.0. The van der Waals surface area contributed by atoms with Gasteiger partial charge >= 0.3 is 0 Å². The van der Waals surface area contributed by atoms with E-state index in [1.807, 2.05) is 40.7 Å². The van der Waals surface area contributed by atoms with Gasteiger partial charge in [0.1, 0.15) is 11.3 Å². The number of aromatic amines is 1. The number of H-pyrrole nitrogens is 1. The zero-order valence-electron chi connectivity index (χ0n) is 21.9. The van der Waals surface area contributed by atoms with Gasteiger partial charge in [-0.2, -0.15) is 4.31 Å². The van der Waals surface area contributed by atoms with Crippen LogP contribution in [0.1, 0.15) is 50.7 Å². The fourth-order valence-electron chi connectivity index (χ4n) is 4.80. The van der Waals surface area contributed by atoms with Gasteiger partial charge in [-0.15, -0.1) is 0 Å². The summed E-state index contributed by atoms with van der Waals surface area (Å²) in [5, 5.41) is 0.0168. The monoisotopic (exact) mass is 539 g/mol. The molecule has 4 aromatic rings. The maximum atomic E-state index is 13.7. The van der Waals surface area contributed by atoms with Crippen molar-refractivity contribution in [3.8, 4) is 11.3 Å². The van der Waals surface area contributed by atoms with E-state index >= 15 is 0 Å². The Labute approximate surface area is 220 Å². The first kappa shape index (κ1) is 26.1. The van der Waals surface area contributed by atoms with E-state index in [0.29, 0.717) is 16.8 Å². The Morgan fingerprint density at radius 3 is 2.45 bits per heavy atom. The minimum atomic E-state index is -3.76. The summed E-state index contributed by atoms with van der Waals surface area (Å²) >= 11 is 0. The average Bonchev–Trinajstić information content (AvgIpc) is 3.53. The van der Waals surface area contributed by atoms with E-state index in [4.69, 9.17) is 9.40 Å². The number of furan rings is 1. The number of nitrogens with one attached hydrogen (secondary N) is 1. The molecule has 38 heavy (non-hydrogen) atoms. The lowest BCUT2D eigenvalue weighted by Gasteiger charge is -2.45. The number of imidazole rings is 1. The van der Waals surface area contributed by atoms with Gasteiger partial charge < -0.3 is 14.3 Å². The van der Waals surface area contributed by atoms with Gasteiger partial charge in [0.15, 0.2) is 16.4 Å². The fourth-order valence-corrected chi connectivity index (χ4v) is 6.28. The van der Waals surface area contributed by atoms with Crippen molar-refractivity contribution < 1.29 is 22.0 Å². The van der Waals surface area contributed by atoms with Crippen LogP contribution in [0, 0.1) is 5.82 Å². The van der Waals surface area contributed by atoms with Crippen molar-refractivity contribution in [3.05, 3.63) is 66.1 Å². The molecular formula is C27H30FN5O4S. The van der Waals surface area contributed by atoms with Gasteiger partial charge in [0.25, 0.3) is 15.9 Å². The van der Waals surface area contributed by atoms with Crippen molar-refractivity contribution in [2.24, 2.45) is 0 Å². The number of benzene rings is 1. The predicted molar refractivity (Wildman–Crippen MR) is 141 cm³/mol. The highest BCUT2D eigenvalue weighted by molar-refractivity contribution is 7.89. The van der Waals surface area contributed by atoms with Crippen molar-refractivity contribution in [2.75, 3.05) is 19.6 Å². The Hall–Kier alpha value is -3.57. The van der Waals surface area contributed by atoms with Gasteiger partial charge in [0.05, 0.1) is 23.8 Å². The molecule has 1 aliphatic heterocycles. The fraction of sp³-hybridized carbons (Fsp3) is 0.370. The van der Waals surface area contributed by atoms with Crippen molar-refractivity contribution in [3.63, 3.8) is 0 Å². The van der Waals surface area contributed by atoms with Gasteiger partial charge in [-0.05, 0) is 49.6 Å². The van der Waals surface area contributed by atoms with Crippen LogP contribution in [0.15, 0.2) is 58.4 Å². The number of carbonyl (C=O) groups is 1. The van der Waals surface area contributed by atoms with E-state index in [0.717, 1.165) is 11.1 Å². The van der Waals surface area contributed by atoms with E-state index < -0.39 is 15.6 Å². The first-order valence-electron chi connectivity index (χ1n) is 12.3. The molecule has 5 rings (SSSR count). The molecule has 0 atom stereocenters. The molecule has 0 saturated carbocycles. The molecule has 0 radical (unpaired) electrons. The SMILES string of the molecule is CC(C)(C)c1cc(-c2ccc(F)cc2)nc2cc(C(=O)N3CCN(S(=O)(=O)c4cnc[nH]4)CC3(C)C)oc12. The molecule has 1 fully saturated rings. The Balaban J connectivity index is 1.49. The lowest BCUT2D eigenvalue weighted by molar-refractivity contribution is 0.0325. The summed E-state index contributed by atoms with van der Waals surface area (Å²) in [6.45, 7) is 10.2. The van der Waals surface area contributed by atoms with E-state index in [1.165, 1.54) is 29.0 Å². The van der Waals surface area contributed by atoms with Crippen LogP contribution in [-0.2, 0) is 15.4 Å². The van der Waals surface area contributed by atoms with Crippen LogP contribution in [0.3, 0.4) is 0 Å². The summed E-state index contributed by atoms with van der Waals surface area (Å²) in [6.07, 6.45) is 2.59. The topological polar surface area (TPSA) is 112 Å². The number of hydrogen-bond acceptors (Lipinski definition) is 6. The Kier molecular flexibility index (Phi) is 6.18. The normalized spacial score (nSPS) is 16.7. The second kappa shape index (κ2) is 9.02. The van der Waals surface area contributed by atoms with Crippen molar-refractivity contribution in [1.82, 2.24) is 24.2 Å². The van der Waals surface area contributed by atoms with Crippen LogP contribution >= 0.6 is 0 Å². The third-order valence-electron chi connectivity index (χ3n) is 6.84. The average molecular weight is 540 g/mol. The Bertz CT molecular complexity index is 1600. The number of carbonyl (C=O) groups excluding carboxylic acids is 1. The zero-order chi connectivity index (χ0) is 27.5. The maximum absolute atomic E-state index is 13.7. The van der Waals surface area contributed by atoms with E-state index in [1.54, 1.807) is 23.1 Å². The second-order valence-corrected chi connectivity index (χ2v) is 13.1. The van der Waals surface area contributed by atoms with Crippen LogP contribution in [0.5, 0.6) is 0 Å². The van der Waals surface area contributed by atoms with Crippen molar-refractivity contribution in [2.45, 2.75) is 50.6 Å². The molecule has 4 heterocycles. The number of nitrogens with zero attached hydrogens (tertiary/aromatic N) is 4. The molecule has 200 valence electrons. The second-order valence-electron chi connectivity index (χ2n) is 11.2. The van der Waals surface area contributed by atoms with Gasteiger partial charge in [0.2, 0.25) is 0 Å². The van der Waals surface area contributed by atoms with Gasteiger partial charge in [-0.25, -0.2) is 22.8 Å². The molecule has 0 aliphatic carbocycles. The summed E-state index contributed by atoms with van der Waals surface area (Å²) in [5.74, 6) is -0.538. The van der Waals surface area contributed by atoms with Gasteiger partial charge in [-0.3, -0.25) is 4.79 Å². The molecular weight excluding hydrogens is 509 g/mol. The number of pyridine rings is 1. The van der Waals surface area contributed by atoms with E-state index in [2.05, 4.69) is 9.97 Å². The lowest BCUT2D eigenvalue weighted by Crippen LogP contribution is -2.61. The molecule has 0 unspecified atom stereocenters. The number of sulfonamides is 1. The van der Waals surface area contributed by atoms with Crippen LogP contribution in [-0.4, -0.2) is 63.7 Å². The highest BCUT2D eigenvalue weighted by Crippen LogP contribution is 2.36. The molecule has 0 spiro atoms. The van der Waals surface area contributed by atoms with Gasteiger partial charge in [-0.1, -0.05) is 20.8 Å². The highest BCUT2D eigenvalue weighted by atomic mass is 32.2. The number of piperazine rings is 1.